The molecule has 2 heterocycles. The number of benzene rings is 2. The standard InChI is InChI=1S/C20H19FN2O3/c21-15-5-7-16(8-6-15)22-9-11-23(12-10-22)19(24)18-13-14-3-1-2-4-17(14)20(25)26-18/h1-8,18H,9-13H2. The van der Waals surface area contributed by atoms with E-state index in [2.05, 4.69) is 4.90 Å². The monoisotopic (exact) mass is 354 g/mol. The summed E-state index contributed by atoms with van der Waals surface area (Å²) in [5, 5.41) is 0. The first-order valence-corrected chi connectivity index (χ1v) is 8.70. The summed E-state index contributed by atoms with van der Waals surface area (Å²) in [4.78, 5) is 28.8. The third-order valence-corrected chi connectivity index (χ3v) is 4.95. The third kappa shape index (κ3) is 3.14. The number of esters is 1. The molecule has 2 aliphatic rings. The van der Waals surface area contributed by atoms with Crippen LogP contribution in [0.25, 0.3) is 0 Å². The Morgan fingerprint density at radius 1 is 1.00 bits per heavy atom. The van der Waals surface area contributed by atoms with Gasteiger partial charge in [-0.05, 0) is 35.9 Å². The van der Waals surface area contributed by atoms with Gasteiger partial charge in [0.15, 0.2) is 6.10 Å². The quantitative estimate of drug-likeness (QED) is 0.777. The molecule has 1 amide bonds. The number of halogens is 1. The van der Waals surface area contributed by atoms with Crippen molar-refractivity contribution < 1.29 is 18.7 Å². The van der Waals surface area contributed by atoms with Gasteiger partial charge in [-0.2, -0.15) is 0 Å². The van der Waals surface area contributed by atoms with Crippen LogP contribution >= 0.6 is 0 Å². The van der Waals surface area contributed by atoms with Crippen molar-refractivity contribution in [2.45, 2.75) is 12.5 Å². The molecular weight excluding hydrogens is 335 g/mol. The Morgan fingerprint density at radius 3 is 2.42 bits per heavy atom. The minimum absolute atomic E-state index is 0.147. The molecule has 1 unspecified atom stereocenters. The minimum atomic E-state index is -0.755. The van der Waals surface area contributed by atoms with Crippen LogP contribution in [0, 0.1) is 5.82 Å². The Kier molecular flexibility index (Phi) is 4.32. The zero-order valence-corrected chi connectivity index (χ0v) is 14.2. The van der Waals surface area contributed by atoms with Gasteiger partial charge in [-0.1, -0.05) is 18.2 Å². The van der Waals surface area contributed by atoms with E-state index >= 15 is 0 Å². The molecule has 0 radical (unpaired) electrons. The lowest BCUT2D eigenvalue weighted by Gasteiger charge is -2.38. The highest BCUT2D eigenvalue weighted by Crippen LogP contribution is 2.23. The van der Waals surface area contributed by atoms with Gasteiger partial charge < -0.3 is 14.5 Å². The van der Waals surface area contributed by atoms with Gasteiger partial charge in [0.25, 0.3) is 5.91 Å². The van der Waals surface area contributed by atoms with E-state index in [1.165, 1.54) is 12.1 Å². The first-order chi connectivity index (χ1) is 12.6. The normalized spacial score (nSPS) is 19.7. The lowest BCUT2D eigenvalue weighted by molar-refractivity contribution is -0.141. The molecular formula is C20H19FN2O3. The number of carbonyl (C=O) groups is 2. The van der Waals surface area contributed by atoms with E-state index in [0.29, 0.717) is 38.2 Å². The van der Waals surface area contributed by atoms with Crippen molar-refractivity contribution in [2.75, 3.05) is 31.1 Å². The predicted molar refractivity (Wildman–Crippen MR) is 94.5 cm³/mol. The van der Waals surface area contributed by atoms with Crippen molar-refractivity contribution >= 4 is 17.6 Å². The number of cyclic esters (lactones) is 1. The van der Waals surface area contributed by atoms with Crippen molar-refractivity contribution in [2.24, 2.45) is 0 Å². The number of fused-ring (bicyclic) bond motifs is 1. The molecule has 0 saturated carbocycles. The largest absolute Gasteiger partial charge is 0.448 e. The Bertz CT molecular complexity index is 829. The number of ether oxygens (including phenoxy) is 1. The van der Waals surface area contributed by atoms with Crippen LogP contribution in [0.15, 0.2) is 48.5 Å². The lowest BCUT2D eigenvalue weighted by atomic mass is 9.98. The van der Waals surface area contributed by atoms with Crippen molar-refractivity contribution in [1.82, 2.24) is 4.90 Å². The average Bonchev–Trinajstić information content (AvgIpc) is 2.68. The van der Waals surface area contributed by atoms with Crippen LogP contribution in [0.3, 0.4) is 0 Å². The van der Waals surface area contributed by atoms with Crippen LogP contribution in [0.2, 0.25) is 0 Å². The number of piperazine rings is 1. The van der Waals surface area contributed by atoms with Crippen LogP contribution in [0.4, 0.5) is 10.1 Å². The summed E-state index contributed by atoms with van der Waals surface area (Å²) < 4.78 is 18.4. The predicted octanol–water partition coefficient (Wildman–Crippen LogP) is 2.26. The molecule has 2 aliphatic heterocycles. The van der Waals surface area contributed by atoms with Crippen molar-refractivity contribution in [1.29, 1.82) is 0 Å². The maximum Gasteiger partial charge on any atom is 0.339 e. The van der Waals surface area contributed by atoms with Crippen LogP contribution in [-0.2, 0) is 16.0 Å². The number of hydrogen-bond donors (Lipinski definition) is 0. The van der Waals surface area contributed by atoms with Crippen LogP contribution in [0.1, 0.15) is 15.9 Å². The molecule has 6 heteroatoms. The molecule has 0 aliphatic carbocycles. The Morgan fingerprint density at radius 2 is 1.69 bits per heavy atom. The van der Waals surface area contributed by atoms with Gasteiger partial charge >= 0.3 is 5.97 Å². The zero-order chi connectivity index (χ0) is 18.1. The molecule has 5 nitrogen and oxygen atoms in total. The number of anilines is 1. The van der Waals surface area contributed by atoms with Gasteiger partial charge in [-0.25, -0.2) is 9.18 Å². The molecule has 4 rings (SSSR count). The fourth-order valence-electron chi connectivity index (χ4n) is 3.51. The Labute approximate surface area is 151 Å². The van der Waals surface area contributed by atoms with E-state index in [1.807, 2.05) is 12.1 Å². The molecule has 2 aromatic carbocycles. The Hall–Kier alpha value is -2.89. The van der Waals surface area contributed by atoms with Crippen molar-refractivity contribution in [3.05, 3.63) is 65.5 Å². The van der Waals surface area contributed by atoms with Crippen LogP contribution in [0.5, 0.6) is 0 Å². The number of carbonyl (C=O) groups excluding carboxylic acids is 2. The van der Waals surface area contributed by atoms with E-state index in [4.69, 9.17) is 4.74 Å². The van der Waals surface area contributed by atoms with Crippen LogP contribution < -0.4 is 4.90 Å². The lowest BCUT2D eigenvalue weighted by Crippen LogP contribution is -2.53. The summed E-state index contributed by atoms with van der Waals surface area (Å²) in [7, 11) is 0. The summed E-state index contributed by atoms with van der Waals surface area (Å²) in [6.07, 6.45) is -0.339. The second kappa shape index (κ2) is 6.78. The molecule has 1 fully saturated rings. The number of nitrogens with zero attached hydrogens (tertiary/aromatic N) is 2. The van der Waals surface area contributed by atoms with E-state index in [1.54, 1.807) is 29.2 Å². The van der Waals surface area contributed by atoms with E-state index in [-0.39, 0.29) is 11.7 Å². The van der Waals surface area contributed by atoms with E-state index in [0.717, 1.165) is 11.3 Å². The highest BCUT2D eigenvalue weighted by molar-refractivity contribution is 5.95. The molecule has 26 heavy (non-hydrogen) atoms. The zero-order valence-electron chi connectivity index (χ0n) is 14.2. The minimum Gasteiger partial charge on any atom is -0.448 e. The molecule has 0 spiro atoms. The first-order valence-electron chi connectivity index (χ1n) is 8.70. The summed E-state index contributed by atoms with van der Waals surface area (Å²) in [6, 6.07) is 13.6. The van der Waals surface area contributed by atoms with Crippen LogP contribution in [-0.4, -0.2) is 49.1 Å². The first kappa shape index (κ1) is 16.6. The van der Waals surface area contributed by atoms with E-state index < -0.39 is 12.1 Å². The summed E-state index contributed by atoms with van der Waals surface area (Å²) in [5.74, 6) is -0.844. The third-order valence-electron chi connectivity index (χ3n) is 4.95. The van der Waals surface area contributed by atoms with Gasteiger partial charge in [-0.15, -0.1) is 0 Å². The van der Waals surface area contributed by atoms with Gasteiger partial charge in [0, 0.05) is 38.3 Å². The molecule has 0 bridgehead atoms. The molecule has 0 N–H and O–H groups in total. The maximum atomic E-state index is 13.1. The van der Waals surface area contributed by atoms with Gasteiger partial charge in [-0.3, -0.25) is 4.79 Å². The van der Waals surface area contributed by atoms with Gasteiger partial charge in [0.05, 0.1) is 5.56 Å². The van der Waals surface area contributed by atoms with Gasteiger partial charge in [0.2, 0.25) is 0 Å². The molecule has 1 saturated heterocycles. The number of rotatable bonds is 2. The SMILES string of the molecule is O=C1OC(C(=O)N2CCN(c3ccc(F)cc3)CC2)Cc2ccccc21. The average molecular weight is 354 g/mol. The fourth-order valence-corrected chi connectivity index (χ4v) is 3.51. The van der Waals surface area contributed by atoms with Gasteiger partial charge in [0.1, 0.15) is 5.82 Å². The highest BCUT2D eigenvalue weighted by Gasteiger charge is 2.34. The molecule has 134 valence electrons. The maximum absolute atomic E-state index is 13.1. The van der Waals surface area contributed by atoms with E-state index in [9.17, 15) is 14.0 Å². The summed E-state index contributed by atoms with van der Waals surface area (Å²) >= 11 is 0. The number of hydrogen-bond acceptors (Lipinski definition) is 4. The summed E-state index contributed by atoms with van der Waals surface area (Å²) in [5.41, 5.74) is 2.33. The van der Waals surface area contributed by atoms with Crippen molar-refractivity contribution in [3.63, 3.8) is 0 Å². The molecule has 2 aromatic rings. The summed E-state index contributed by atoms with van der Waals surface area (Å²) in [6.45, 7) is 2.42. The van der Waals surface area contributed by atoms with Crippen molar-refractivity contribution in [3.8, 4) is 0 Å². The second-order valence-electron chi connectivity index (χ2n) is 6.54. The Balaban J connectivity index is 1.40. The topological polar surface area (TPSA) is 49.9 Å². The highest BCUT2D eigenvalue weighted by atomic mass is 19.1. The number of amides is 1. The smallest absolute Gasteiger partial charge is 0.339 e. The molecule has 1 atom stereocenters. The fraction of sp³-hybridized carbons (Fsp3) is 0.300. The molecule has 0 aromatic heterocycles. The second-order valence-corrected chi connectivity index (χ2v) is 6.54.